The summed E-state index contributed by atoms with van der Waals surface area (Å²) in [5.74, 6) is -9.06. The first-order valence-corrected chi connectivity index (χ1v) is 30.2. The van der Waals surface area contributed by atoms with Crippen LogP contribution in [-0.2, 0) is 77.6 Å². The molecule has 4 bridgehead atoms. The van der Waals surface area contributed by atoms with E-state index < -0.39 is 119 Å². The van der Waals surface area contributed by atoms with E-state index in [1.54, 1.807) is 64.1 Å². The second kappa shape index (κ2) is 26.5. The standard InChI is InChI=1S/C32H39ClF2N3O5.C31H37ClF2N3O5.2V/c1-6-21-24(17-39)38-16-25(21)42-27-22(13-18-10-11-20(33)14-23(18)36-27)32(34,35)12-8-7-9-19-15-31(19,5)43-29(41)37-26(28(38)40)30(2,3)4;1-17-23(16-38)37-15-24(17)41-26-21(12-18-9-10-20(32)13-22(18)35-26)31(33,34)11-7-6-8-19-14-30(19,5)42-28(40)36-25(27(37)39)29(2,3)4;;/h10-11,13-14,19,21,24-26H,6-9,12,15-16H2,1-5H3,(H,37,41);9-10,12-13,17,19,23-25H,6-8,11,14-15H2,1-5H3,(H,36,40);;/q2*-1;;/t19-,21+,24-,25+,26-,31-;17-,19+,23+,24-,25+,30+;;/m10../s1. The Morgan fingerprint density at radius 2 is 1.03 bits per heavy atom. The summed E-state index contributed by atoms with van der Waals surface area (Å²) in [4.78, 5) is 90.0. The number of carbonyl (C=O) groups excluding carboxylic acids is 6. The Kier molecular flexibility index (Phi) is 21.2. The van der Waals surface area contributed by atoms with Crippen molar-refractivity contribution in [3.63, 3.8) is 0 Å². The largest absolute Gasteiger partial charge is 0.540 e. The third-order valence-electron chi connectivity index (χ3n) is 18.2. The molecule has 4 aliphatic heterocycles. The molecule has 12 atom stereocenters. The first-order valence-electron chi connectivity index (χ1n) is 29.5. The number of ether oxygens (including phenoxy) is 4. The van der Waals surface area contributed by atoms with Crippen molar-refractivity contribution in [2.75, 3.05) is 13.1 Å². The summed E-state index contributed by atoms with van der Waals surface area (Å²) >= 11 is 12.3. The summed E-state index contributed by atoms with van der Waals surface area (Å²) < 4.78 is 87.5. The fourth-order valence-electron chi connectivity index (χ4n) is 12.6. The second-order valence-electron chi connectivity index (χ2n) is 26.7. The number of nitrogens with zero attached hydrogens (tertiary/aromatic N) is 4. The van der Waals surface area contributed by atoms with E-state index in [0.717, 1.165) is 0 Å². The Morgan fingerprint density at radius 1 is 0.632 bits per heavy atom. The van der Waals surface area contributed by atoms with Gasteiger partial charge in [0, 0.05) is 82.6 Å². The van der Waals surface area contributed by atoms with Crippen molar-refractivity contribution in [1.29, 1.82) is 0 Å². The van der Waals surface area contributed by atoms with Crippen LogP contribution in [0.1, 0.15) is 151 Å². The van der Waals surface area contributed by atoms with Gasteiger partial charge in [-0.05, 0) is 111 Å². The molecular formula is C63H76Cl2F4N6O10V2-2. The van der Waals surface area contributed by atoms with Gasteiger partial charge in [-0.1, -0.05) is 122 Å². The quantitative estimate of drug-likeness (QED) is 0.146. The number of alkyl carbamates (subject to hydrolysis) is 2. The number of rotatable bonds is 3. The van der Waals surface area contributed by atoms with Crippen LogP contribution in [0, 0.1) is 34.5 Å². The molecule has 6 heterocycles. The van der Waals surface area contributed by atoms with Crippen molar-refractivity contribution in [3.05, 3.63) is 69.7 Å². The Hall–Kier alpha value is -4.85. The van der Waals surface area contributed by atoms with Crippen LogP contribution in [0.15, 0.2) is 48.5 Å². The van der Waals surface area contributed by atoms with Gasteiger partial charge in [-0.25, -0.2) is 49.7 Å². The van der Waals surface area contributed by atoms with Crippen molar-refractivity contribution in [1.82, 2.24) is 30.4 Å². The van der Waals surface area contributed by atoms with Gasteiger partial charge >= 0.3 is 12.2 Å². The number of amides is 4. The monoisotopic (exact) mass is 1320 g/mol. The van der Waals surface area contributed by atoms with E-state index in [-0.39, 0.29) is 97.8 Å². The topological polar surface area (TPSA) is 196 Å². The number of benzene rings is 2. The molecule has 2 aliphatic carbocycles. The fourth-order valence-corrected chi connectivity index (χ4v) is 13.0. The molecule has 2 aromatic heterocycles. The third kappa shape index (κ3) is 15.2. The van der Waals surface area contributed by atoms with Gasteiger partial charge in [-0.3, -0.25) is 9.59 Å². The third-order valence-corrected chi connectivity index (χ3v) is 18.6. The predicted molar refractivity (Wildman–Crippen MR) is 311 cm³/mol. The molecule has 0 spiro atoms. The molecule has 16 nitrogen and oxygen atoms in total. The van der Waals surface area contributed by atoms with Crippen molar-refractivity contribution in [2.45, 2.75) is 199 Å². The van der Waals surface area contributed by atoms with Gasteiger partial charge in [-0.15, -0.1) is 0 Å². The molecule has 2 N–H and O–H groups in total. The number of carbonyl (C=O) groups is 4. The van der Waals surface area contributed by atoms with E-state index in [2.05, 4.69) is 20.6 Å². The molecule has 2 saturated heterocycles. The Morgan fingerprint density at radius 3 is 1.44 bits per heavy atom. The van der Waals surface area contributed by atoms with Crippen LogP contribution in [0.4, 0.5) is 27.2 Å². The molecule has 0 unspecified atom stereocenters. The molecule has 2 radical (unpaired) electrons. The van der Waals surface area contributed by atoms with Gasteiger partial charge in [0.15, 0.2) is 0 Å². The maximum Gasteiger partial charge on any atom is 0.408 e. The van der Waals surface area contributed by atoms with Crippen LogP contribution in [-0.4, -0.2) is 117 Å². The molecule has 4 aromatic rings. The number of pyridine rings is 2. The van der Waals surface area contributed by atoms with Crippen LogP contribution < -0.4 is 20.1 Å². The van der Waals surface area contributed by atoms with E-state index >= 15 is 17.6 Å². The normalized spacial score (nSPS) is 31.0. The van der Waals surface area contributed by atoms with Crippen LogP contribution in [0.25, 0.3) is 21.8 Å². The Bertz CT molecular complexity index is 3250. The molecule has 10 rings (SSSR count). The minimum atomic E-state index is -3.26. The van der Waals surface area contributed by atoms with Gasteiger partial charge in [0.2, 0.25) is 23.6 Å². The molecule has 2 aromatic carbocycles. The van der Waals surface area contributed by atoms with Crippen molar-refractivity contribution in [2.24, 2.45) is 34.5 Å². The van der Waals surface area contributed by atoms with Crippen LogP contribution in [0.5, 0.6) is 11.8 Å². The molecule has 24 heteroatoms. The van der Waals surface area contributed by atoms with E-state index in [1.165, 1.54) is 21.9 Å². The smallest absolute Gasteiger partial charge is 0.408 e. The second-order valence-corrected chi connectivity index (χ2v) is 27.6. The summed E-state index contributed by atoms with van der Waals surface area (Å²) in [5, 5.41) is 7.29. The maximum absolute atomic E-state index is 15.9. The molecular weight excluding hydrogens is 1250 g/mol. The minimum Gasteiger partial charge on any atom is -0.540 e. The van der Waals surface area contributed by atoms with E-state index in [0.29, 0.717) is 76.8 Å². The van der Waals surface area contributed by atoms with Crippen molar-refractivity contribution >= 4 is 81.6 Å². The molecule has 472 valence electrons. The van der Waals surface area contributed by atoms with E-state index in [4.69, 9.17) is 42.1 Å². The first kappa shape index (κ1) is 69.6. The van der Waals surface area contributed by atoms with Crippen molar-refractivity contribution in [3.8, 4) is 11.8 Å². The minimum absolute atomic E-state index is 0. The zero-order valence-corrected chi connectivity index (χ0v) is 54.9. The zero-order valence-electron chi connectivity index (χ0n) is 50.6. The van der Waals surface area contributed by atoms with Gasteiger partial charge in [0.05, 0.1) is 35.2 Å². The SMILES string of the molecule is CC[C@@H]1[C@@H]2CN(C(=O)[C@H](C(C)(C)C)NC(=O)O[C@]3(C)C[C@H]3CCCCC(F)(F)c3cc4ccc(Cl)cc4nc3O2)[C@@H]1[C-]=O.C[C@@H]1[C@@H]2CN(C(=O)[C@H](C(C)(C)C)NC(=O)O[C@]3(C)C[C@H]3CCCCC(F)(F)c3cc4ccc(Cl)cc4nc3O2)[C@@H]1[C-]=O.[V].[V]. The van der Waals surface area contributed by atoms with Crippen LogP contribution in [0.3, 0.4) is 0 Å². The number of alkyl halides is 4. The number of hydrogen-bond acceptors (Lipinski definition) is 12. The summed E-state index contributed by atoms with van der Waals surface area (Å²) in [6, 6.07) is 8.39. The van der Waals surface area contributed by atoms with Crippen LogP contribution in [0.2, 0.25) is 10.0 Å². The average molecular weight is 1330 g/mol. The van der Waals surface area contributed by atoms with Gasteiger partial charge in [0.1, 0.15) is 35.5 Å². The summed E-state index contributed by atoms with van der Waals surface area (Å²) in [7, 11) is 0. The molecule has 2 saturated carbocycles. The molecule has 87 heavy (non-hydrogen) atoms. The van der Waals surface area contributed by atoms with Crippen LogP contribution >= 0.6 is 23.2 Å². The van der Waals surface area contributed by atoms with Crippen molar-refractivity contribution < 1.29 is 102 Å². The summed E-state index contributed by atoms with van der Waals surface area (Å²) in [6.45, 7) is 17.9. The van der Waals surface area contributed by atoms with E-state index in [9.17, 15) is 28.8 Å². The van der Waals surface area contributed by atoms with Gasteiger partial charge in [-0.2, -0.15) is 0 Å². The number of aromatic nitrogens is 2. The molecule has 6 aliphatic rings. The van der Waals surface area contributed by atoms with E-state index in [1.807, 2.05) is 54.1 Å². The fraction of sp³-hybridized carbons (Fsp3) is 0.619. The maximum atomic E-state index is 15.9. The summed E-state index contributed by atoms with van der Waals surface area (Å²) in [6.07, 6.45) is 4.44. The predicted octanol–water partition coefficient (Wildman–Crippen LogP) is 12.7. The van der Waals surface area contributed by atoms with Gasteiger partial charge < -0.3 is 49.0 Å². The average Bonchev–Trinajstić information content (AvgIpc) is 1.86. The van der Waals surface area contributed by atoms with Gasteiger partial charge in [0.25, 0.3) is 11.8 Å². The number of nitrogens with one attached hydrogen (secondary N) is 2. The molecule has 4 fully saturated rings. The Labute approximate surface area is 539 Å². The summed E-state index contributed by atoms with van der Waals surface area (Å²) in [5.41, 5.74) is -2.81. The Balaban J connectivity index is 0.000000243. The number of fused-ring (bicyclic) bond motifs is 10. The number of hydrogen-bond donors (Lipinski definition) is 2. The zero-order chi connectivity index (χ0) is 61.9. The first-order chi connectivity index (χ1) is 39.8. The molecule has 4 amide bonds. The number of halogens is 6.